The lowest BCUT2D eigenvalue weighted by Crippen LogP contribution is -2.43. The Balaban J connectivity index is 1.73. The molecule has 190 valence electrons. The van der Waals surface area contributed by atoms with Crippen molar-refractivity contribution in [3.05, 3.63) is 39.4 Å². The number of hydrogen-bond acceptors (Lipinski definition) is 7. The number of nitrogens with zero attached hydrogens (tertiary/aromatic N) is 2. The number of aliphatic hydroxyl groups is 1. The first-order valence-corrected chi connectivity index (χ1v) is 12.1. The molecule has 1 saturated heterocycles. The smallest absolute Gasteiger partial charge is 0.346 e. The first-order chi connectivity index (χ1) is 16.4. The van der Waals surface area contributed by atoms with Crippen LogP contribution in [0.2, 0.25) is 0 Å². The maximum atomic E-state index is 15.5. The standard InChI is InChI=1S/C26H33FN2O6/c1-14-11-28(9-8-20(14)30)22-16-7-6-15(2)29-12-18(23(31)17(21(16)29)10-19(22)27)24(32)34-13-35-25(33)26(3,4)5/h10,12,14-15,20,30H,6-9,11,13H2,1-5H3/t14-,15-,20-/m0/s1. The predicted molar refractivity (Wildman–Crippen MR) is 129 cm³/mol. The van der Waals surface area contributed by atoms with Crippen LogP contribution in [0.4, 0.5) is 10.1 Å². The largest absolute Gasteiger partial charge is 0.427 e. The van der Waals surface area contributed by atoms with Crippen molar-refractivity contribution >= 4 is 28.5 Å². The van der Waals surface area contributed by atoms with Gasteiger partial charge in [-0.25, -0.2) is 9.18 Å². The zero-order valence-corrected chi connectivity index (χ0v) is 20.9. The Kier molecular flexibility index (Phi) is 6.66. The first kappa shape index (κ1) is 25.2. The Morgan fingerprint density at radius 3 is 2.57 bits per heavy atom. The highest BCUT2D eigenvalue weighted by Crippen LogP contribution is 2.39. The second-order valence-corrected chi connectivity index (χ2v) is 10.8. The van der Waals surface area contributed by atoms with Crippen molar-refractivity contribution in [3.63, 3.8) is 0 Å². The minimum absolute atomic E-state index is 0.000263. The number of rotatable bonds is 4. The van der Waals surface area contributed by atoms with Crippen LogP contribution in [0.25, 0.3) is 10.9 Å². The third-order valence-electron chi connectivity index (χ3n) is 7.02. The normalized spacial score (nSPS) is 22.3. The van der Waals surface area contributed by atoms with Crippen LogP contribution in [0.15, 0.2) is 17.1 Å². The molecule has 8 nitrogen and oxygen atoms in total. The zero-order valence-electron chi connectivity index (χ0n) is 20.9. The van der Waals surface area contributed by atoms with Gasteiger partial charge in [0, 0.05) is 36.3 Å². The quantitative estimate of drug-likeness (QED) is 0.519. The summed E-state index contributed by atoms with van der Waals surface area (Å²) in [5.74, 6) is -1.98. The number of ether oxygens (including phenoxy) is 2. The summed E-state index contributed by atoms with van der Waals surface area (Å²) in [5.41, 5.74) is 0.236. The molecule has 2 aromatic rings. The molecule has 1 aromatic heterocycles. The minimum Gasteiger partial charge on any atom is -0.427 e. The molecule has 1 fully saturated rings. The second-order valence-electron chi connectivity index (χ2n) is 10.8. The van der Waals surface area contributed by atoms with Gasteiger partial charge in [0.15, 0.2) is 0 Å². The monoisotopic (exact) mass is 488 g/mol. The van der Waals surface area contributed by atoms with Gasteiger partial charge in [0.05, 0.1) is 22.7 Å². The van der Waals surface area contributed by atoms with Crippen LogP contribution in [0.3, 0.4) is 0 Å². The summed E-state index contributed by atoms with van der Waals surface area (Å²) in [7, 11) is 0. The van der Waals surface area contributed by atoms with Gasteiger partial charge < -0.3 is 24.0 Å². The highest BCUT2D eigenvalue weighted by molar-refractivity contribution is 5.96. The second kappa shape index (κ2) is 9.26. The fourth-order valence-corrected chi connectivity index (χ4v) is 4.89. The molecule has 0 spiro atoms. The van der Waals surface area contributed by atoms with Crippen LogP contribution in [0.5, 0.6) is 0 Å². The van der Waals surface area contributed by atoms with Gasteiger partial charge >= 0.3 is 11.9 Å². The molecule has 0 saturated carbocycles. The molecule has 0 unspecified atom stereocenters. The SMILES string of the molecule is C[C@H]1CN(c2c(F)cc3c(=O)c(C(=O)OCOC(=O)C(C)(C)C)cn4c3c2CC[C@@H]4C)CC[C@@H]1O. The number of anilines is 1. The Bertz CT molecular complexity index is 1230. The van der Waals surface area contributed by atoms with Crippen LogP contribution < -0.4 is 10.3 Å². The highest BCUT2D eigenvalue weighted by atomic mass is 19.1. The molecule has 9 heteroatoms. The van der Waals surface area contributed by atoms with Gasteiger partial charge in [0.25, 0.3) is 0 Å². The lowest BCUT2D eigenvalue weighted by molar-refractivity contribution is -0.161. The molecule has 2 aliphatic heterocycles. The molecule has 2 aliphatic rings. The fourth-order valence-electron chi connectivity index (χ4n) is 4.89. The van der Waals surface area contributed by atoms with E-state index in [0.717, 1.165) is 5.56 Å². The molecule has 0 aliphatic carbocycles. The van der Waals surface area contributed by atoms with Gasteiger partial charge in [-0.3, -0.25) is 9.59 Å². The van der Waals surface area contributed by atoms with Crippen molar-refractivity contribution in [3.8, 4) is 0 Å². The maximum absolute atomic E-state index is 15.5. The third-order valence-corrected chi connectivity index (χ3v) is 7.02. The van der Waals surface area contributed by atoms with Gasteiger partial charge in [-0.15, -0.1) is 0 Å². The summed E-state index contributed by atoms with van der Waals surface area (Å²) in [4.78, 5) is 39.9. The summed E-state index contributed by atoms with van der Waals surface area (Å²) in [6.45, 7) is 9.38. The van der Waals surface area contributed by atoms with Crippen molar-refractivity contribution in [1.29, 1.82) is 0 Å². The van der Waals surface area contributed by atoms with Crippen LogP contribution in [-0.4, -0.2) is 47.6 Å². The van der Waals surface area contributed by atoms with E-state index in [0.29, 0.717) is 43.6 Å². The van der Waals surface area contributed by atoms with Crippen LogP contribution >= 0.6 is 0 Å². The van der Waals surface area contributed by atoms with Gasteiger partial charge in [0.1, 0.15) is 11.4 Å². The predicted octanol–water partition coefficient (Wildman–Crippen LogP) is 3.56. The number of aromatic nitrogens is 1. The zero-order chi connectivity index (χ0) is 25.7. The maximum Gasteiger partial charge on any atom is 0.346 e. The molecule has 35 heavy (non-hydrogen) atoms. The molecule has 1 aromatic carbocycles. The summed E-state index contributed by atoms with van der Waals surface area (Å²) in [6.07, 6.45) is 2.91. The van der Waals surface area contributed by atoms with Crippen LogP contribution in [0.1, 0.15) is 69.4 Å². The lowest BCUT2D eigenvalue weighted by Gasteiger charge is -2.38. The van der Waals surface area contributed by atoms with E-state index >= 15 is 4.39 Å². The highest BCUT2D eigenvalue weighted by Gasteiger charge is 2.32. The Morgan fingerprint density at radius 2 is 1.91 bits per heavy atom. The van der Waals surface area contributed by atoms with Gasteiger partial charge in [-0.2, -0.15) is 0 Å². The lowest BCUT2D eigenvalue weighted by atomic mass is 9.91. The van der Waals surface area contributed by atoms with E-state index in [1.165, 1.54) is 12.3 Å². The third kappa shape index (κ3) is 4.66. The molecular formula is C26H33FN2O6. The van der Waals surface area contributed by atoms with E-state index in [-0.39, 0.29) is 22.9 Å². The van der Waals surface area contributed by atoms with E-state index in [4.69, 9.17) is 9.47 Å². The molecule has 0 radical (unpaired) electrons. The number of piperidine rings is 1. The number of aryl methyl sites for hydroxylation is 1. The van der Waals surface area contributed by atoms with Crippen LogP contribution in [0, 0.1) is 17.2 Å². The van der Waals surface area contributed by atoms with Crippen LogP contribution in [-0.2, 0) is 20.7 Å². The topological polar surface area (TPSA) is 98.1 Å². The minimum atomic E-state index is -0.926. The average Bonchev–Trinajstić information content (AvgIpc) is 2.78. The molecule has 0 amide bonds. The fraction of sp³-hybridized carbons (Fsp3) is 0.577. The summed E-state index contributed by atoms with van der Waals surface area (Å²) < 4.78 is 27.4. The van der Waals surface area contributed by atoms with E-state index in [2.05, 4.69) is 0 Å². The number of benzene rings is 1. The van der Waals surface area contributed by atoms with Crippen molar-refractivity contribution in [2.45, 2.75) is 66.0 Å². The summed E-state index contributed by atoms with van der Waals surface area (Å²) in [6, 6.07) is 1.19. The Hall–Kier alpha value is -2.94. The number of pyridine rings is 1. The van der Waals surface area contributed by atoms with Crippen molar-refractivity contribution < 1.29 is 28.6 Å². The average molecular weight is 489 g/mol. The first-order valence-electron chi connectivity index (χ1n) is 12.1. The Morgan fingerprint density at radius 1 is 1.20 bits per heavy atom. The number of carbonyl (C=O) groups excluding carboxylic acids is 2. The molecule has 1 N–H and O–H groups in total. The van der Waals surface area contributed by atoms with Gasteiger partial charge in [-0.05, 0) is 58.9 Å². The van der Waals surface area contributed by atoms with E-state index in [1.54, 1.807) is 20.8 Å². The number of hydrogen-bond donors (Lipinski definition) is 1. The Labute approximate surface area is 203 Å². The molecule has 4 rings (SSSR count). The van der Waals surface area contributed by atoms with Crippen molar-refractivity contribution in [2.24, 2.45) is 11.3 Å². The van der Waals surface area contributed by atoms with E-state index in [1.807, 2.05) is 23.3 Å². The van der Waals surface area contributed by atoms with E-state index < -0.39 is 41.5 Å². The van der Waals surface area contributed by atoms with Gasteiger partial charge in [0.2, 0.25) is 12.2 Å². The molecule has 3 atom stereocenters. The van der Waals surface area contributed by atoms with Crippen molar-refractivity contribution in [1.82, 2.24) is 4.57 Å². The van der Waals surface area contributed by atoms with Crippen molar-refractivity contribution in [2.75, 3.05) is 24.8 Å². The molecule has 3 heterocycles. The number of carbonyl (C=O) groups is 2. The molecule has 0 bridgehead atoms. The number of halogens is 1. The summed E-state index contributed by atoms with van der Waals surface area (Å²) in [5, 5.41) is 10.2. The number of esters is 2. The molecular weight excluding hydrogens is 455 g/mol. The van der Waals surface area contributed by atoms with Gasteiger partial charge in [-0.1, -0.05) is 6.92 Å². The van der Waals surface area contributed by atoms with E-state index in [9.17, 15) is 19.5 Å². The number of aliphatic hydroxyl groups excluding tert-OH is 1. The summed E-state index contributed by atoms with van der Waals surface area (Å²) >= 11 is 0.